The maximum Gasteiger partial charge on any atom is 0.408 e. The molecule has 0 radical (unpaired) electrons. The van der Waals surface area contributed by atoms with Crippen LogP contribution in [0.15, 0.2) is 11.1 Å². The number of hydrogen-bond acceptors (Lipinski definition) is 8. The molecule has 3 N–H and O–H groups in total. The molecule has 2 aromatic heterocycles. The number of alkyl carbamates (subject to hydrolysis) is 1. The Morgan fingerprint density at radius 3 is 2.69 bits per heavy atom. The van der Waals surface area contributed by atoms with E-state index >= 15 is 0 Å². The number of imidazole rings is 1. The van der Waals surface area contributed by atoms with Gasteiger partial charge in [-0.3, -0.25) is 0 Å². The first-order chi connectivity index (χ1) is 13.6. The predicted octanol–water partition coefficient (Wildman–Crippen LogP) is 2.55. The van der Waals surface area contributed by atoms with Crippen LogP contribution in [0.3, 0.4) is 0 Å². The second kappa shape index (κ2) is 8.52. The van der Waals surface area contributed by atoms with Crippen molar-refractivity contribution in [3.8, 4) is 0 Å². The molecule has 0 spiro atoms. The number of carbonyl (C=O) groups excluding carboxylic acids is 2. The molecule has 10 nitrogen and oxygen atoms in total. The lowest BCUT2D eigenvalue weighted by molar-refractivity contribution is -0.151. The minimum atomic E-state index is -0.990. The highest BCUT2D eigenvalue weighted by Crippen LogP contribution is 2.24. The molecule has 3 rings (SSSR count). The van der Waals surface area contributed by atoms with Crippen molar-refractivity contribution in [2.24, 2.45) is 0 Å². The Balaban J connectivity index is 1.84. The van der Waals surface area contributed by atoms with E-state index in [-0.39, 0.29) is 18.5 Å². The fourth-order valence-electron chi connectivity index (χ4n) is 3.15. The largest absolute Gasteiger partial charge is 0.461 e. The Hall–Kier alpha value is -2.43. The monoisotopic (exact) mass is 468 g/mol. The van der Waals surface area contributed by atoms with Gasteiger partial charge in [-0.15, -0.1) is 0 Å². The molecule has 0 saturated heterocycles. The van der Waals surface area contributed by atoms with Gasteiger partial charge in [0.05, 0.1) is 6.54 Å². The molecule has 1 aliphatic carbocycles. The number of nitrogen functional groups attached to an aromatic ring is 1. The normalized spacial score (nSPS) is 16.0. The molecule has 11 heteroatoms. The number of nitrogens with one attached hydrogen (secondary N) is 1. The van der Waals surface area contributed by atoms with Gasteiger partial charge in [0.25, 0.3) is 0 Å². The van der Waals surface area contributed by atoms with E-state index in [9.17, 15) is 9.59 Å². The van der Waals surface area contributed by atoms with Crippen molar-refractivity contribution in [2.45, 2.75) is 70.7 Å². The number of ether oxygens (including phenoxy) is 2. The number of fused-ring (bicyclic) bond motifs is 1. The summed E-state index contributed by atoms with van der Waals surface area (Å²) in [6, 6.07) is -0.990. The lowest BCUT2D eigenvalue weighted by Gasteiger charge is -2.24. The van der Waals surface area contributed by atoms with Gasteiger partial charge in [0.15, 0.2) is 21.7 Å². The molecule has 1 fully saturated rings. The summed E-state index contributed by atoms with van der Waals surface area (Å²) in [5.74, 6) is -0.307. The van der Waals surface area contributed by atoms with Crippen molar-refractivity contribution in [3.63, 3.8) is 0 Å². The Morgan fingerprint density at radius 1 is 1.34 bits per heavy atom. The summed E-state index contributed by atoms with van der Waals surface area (Å²) in [5, 5.41) is 2.61. The summed E-state index contributed by atoms with van der Waals surface area (Å²) < 4.78 is 13.0. The van der Waals surface area contributed by atoms with Crippen LogP contribution in [0.2, 0.25) is 0 Å². The number of anilines is 1. The van der Waals surface area contributed by atoms with Crippen molar-refractivity contribution in [3.05, 3.63) is 11.1 Å². The zero-order chi connectivity index (χ0) is 21.2. The van der Waals surface area contributed by atoms with Crippen LogP contribution in [0.1, 0.15) is 46.5 Å². The number of hydrogen-bond donors (Lipinski definition) is 2. The summed E-state index contributed by atoms with van der Waals surface area (Å²) in [6.45, 7) is 5.28. The molecule has 1 aliphatic rings. The SMILES string of the molecule is CC(C)(C)OC(=O)N[C@@H](Cn1c(Br)nc2c(N)ncnc21)C(=O)OC1CCCC1. The maximum absolute atomic E-state index is 12.8. The van der Waals surface area contributed by atoms with E-state index in [4.69, 9.17) is 15.2 Å². The first-order valence-electron chi connectivity index (χ1n) is 9.46. The molecule has 1 saturated carbocycles. The maximum atomic E-state index is 12.8. The van der Waals surface area contributed by atoms with Crippen LogP contribution in [0.5, 0.6) is 0 Å². The average Bonchev–Trinajstić information content (AvgIpc) is 3.22. The first-order valence-corrected chi connectivity index (χ1v) is 10.3. The van der Waals surface area contributed by atoms with E-state index in [1.54, 1.807) is 25.3 Å². The van der Waals surface area contributed by atoms with E-state index in [1.165, 1.54) is 6.33 Å². The third-order valence-corrected chi connectivity index (χ3v) is 5.04. The number of aromatic nitrogens is 4. The van der Waals surface area contributed by atoms with Gasteiger partial charge >= 0.3 is 12.1 Å². The van der Waals surface area contributed by atoms with Crippen LogP contribution < -0.4 is 11.1 Å². The standard InChI is InChI=1S/C18H25BrN6O4/c1-18(2,3)29-17(27)23-11(15(26)28-10-6-4-5-7-10)8-25-14-12(24-16(25)19)13(20)21-9-22-14/h9-11H,4-8H2,1-3H3,(H,23,27)(H2,20,21,22)/t11-/m0/s1. The van der Waals surface area contributed by atoms with Crippen LogP contribution in [-0.2, 0) is 20.8 Å². The van der Waals surface area contributed by atoms with Crippen molar-refractivity contribution >= 4 is 45.0 Å². The second-order valence-electron chi connectivity index (χ2n) is 7.96. The molecule has 158 valence electrons. The Bertz CT molecular complexity index is 904. The molecule has 0 aromatic carbocycles. The lowest BCUT2D eigenvalue weighted by Crippen LogP contribution is -2.47. The highest BCUT2D eigenvalue weighted by atomic mass is 79.9. The number of carbonyl (C=O) groups is 2. The number of amides is 1. The van der Waals surface area contributed by atoms with Crippen molar-refractivity contribution < 1.29 is 19.1 Å². The van der Waals surface area contributed by atoms with Gasteiger partial charge in [0.2, 0.25) is 0 Å². The smallest absolute Gasteiger partial charge is 0.408 e. The zero-order valence-corrected chi connectivity index (χ0v) is 18.2. The molecule has 2 heterocycles. The Kier molecular flexibility index (Phi) is 6.25. The van der Waals surface area contributed by atoms with E-state index in [2.05, 4.69) is 36.2 Å². The van der Waals surface area contributed by atoms with Gasteiger partial charge in [0.1, 0.15) is 24.1 Å². The fraction of sp³-hybridized carbons (Fsp3) is 0.611. The molecule has 29 heavy (non-hydrogen) atoms. The summed E-state index contributed by atoms with van der Waals surface area (Å²) in [4.78, 5) is 37.6. The van der Waals surface area contributed by atoms with E-state index in [0.717, 1.165) is 25.7 Å². The van der Waals surface area contributed by atoms with Gasteiger partial charge in [-0.25, -0.2) is 24.5 Å². The third kappa shape index (κ3) is 5.34. The topological polar surface area (TPSA) is 134 Å². The minimum Gasteiger partial charge on any atom is -0.461 e. The zero-order valence-electron chi connectivity index (χ0n) is 16.6. The van der Waals surface area contributed by atoms with E-state index in [1.807, 2.05) is 0 Å². The van der Waals surface area contributed by atoms with Gasteiger partial charge < -0.3 is 25.1 Å². The molecule has 2 aromatic rings. The van der Waals surface area contributed by atoms with Gasteiger partial charge in [-0.05, 0) is 62.4 Å². The number of esters is 1. The number of nitrogens with two attached hydrogens (primary N) is 1. The summed E-state index contributed by atoms with van der Waals surface area (Å²) in [5.41, 5.74) is 6.00. The molecular weight excluding hydrogens is 444 g/mol. The minimum absolute atomic E-state index is 0.0400. The summed E-state index contributed by atoms with van der Waals surface area (Å²) in [6.07, 6.45) is 4.17. The van der Waals surface area contributed by atoms with Gasteiger partial charge in [0, 0.05) is 0 Å². The number of nitrogens with zero attached hydrogens (tertiary/aromatic N) is 4. The van der Waals surface area contributed by atoms with Crippen LogP contribution in [0, 0.1) is 0 Å². The number of rotatable bonds is 5. The lowest BCUT2D eigenvalue weighted by atomic mass is 10.2. The second-order valence-corrected chi connectivity index (χ2v) is 8.67. The summed E-state index contributed by atoms with van der Waals surface area (Å²) >= 11 is 3.36. The third-order valence-electron chi connectivity index (χ3n) is 4.44. The fourth-order valence-corrected chi connectivity index (χ4v) is 3.64. The molecule has 0 unspecified atom stereocenters. The first kappa shape index (κ1) is 21.3. The van der Waals surface area contributed by atoms with Crippen LogP contribution in [-0.4, -0.2) is 49.3 Å². The molecular formula is C18H25BrN6O4. The predicted molar refractivity (Wildman–Crippen MR) is 109 cm³/mol. The average molecular weight is 469 g/mol. The molecule has 1 atom stereocenters. The highest BCUT2D eigenvalue weighted by Gasteiger charge is 2.30. The van der Waals surface area contributed by atoms with Crippen molar-refractivity contribution in [2.75, 3.05) is 5.73 Å². The molecule has 1 amide bonds. The summed E-state index contributed by atoms with van der Waals surface area (Å²) in [7, 11) is 0. The Morgan fingerprint density at radius 2 is 2.03 bits per heavy atom. The van der Waals surface area contributed by atoms with Crippen molar-refractivity contribution in [1.29, 1.82) is 0 Å². The van der Waals surface area contributed by atoms with E-state index in [0.29, 0.717) is 15.9 Å². The van der Waals surface area contributed by atoms with Gasteiger partial charge in [-0.2, -0.15) is 0 Å². The van der Waals surface area contributed by atoms with Crippen molar-refractivity contribution in [1.82, 2.24) is 24.8 Å². The Labute approximate surface area is 176 Å². The number of halogens is 1. The highest BCUT2D eigenvalue weighted by molar-refractivity contribution is 9.10. The van der Waals surface area contributed by atoms with Crippen LogP contribution in [0.4, 0.5) is 10.6 Å². The van der Waals surface area contributed by atoms with Gasteiger partial charge in [-0.1, -0.05) is 0 Å². The van der Waals surface area contributed by atoms with Crippen LogP contribution >= 0.6 is 15.9 Å². The molecule has 0 aliphatic heterocycles. The molecule has 0 bridgehead atoms. The van der Waals surface area contributed by atoms with Crippen LogP contribution in [0.25, 0.3) is 11.2 Å². The van der Waals surface area contributed by atoms with E-state index < -0.39 is 23.7 Å². The quantitative estimate of drug-likeness (QED) is 0.504.